The summed E-state index contributed by atoms with van der Waals surface area (Å²) >= 11 is 0. The van der Waals surface area contributed by atoms with Crippen LogP contribution in [0.15, 0.2) is 24.8 Å². The molecule has 23 heavy (non-hydrogen) atoms. The summed E-state index contributed by atoms with van der Waals surface area (Å²) in [4.78, 5) is 0. The number of benzene rings is 1. The van der Waals surface area contributed by atoms with Crippen molar-refractivity contribution in [1.82, 2.24) is 0 Å². The van der Waals surface area contributed by atoms with Crippen LogP contribution in [0.3, 0.4) is 0 Å². The third-order valence-electron chi connectivity index (χ3n) is 3.55. The molecule has 0 aromatic heterocycles. The molecule has 1 saturated carbocycles. The number of alkyl halides is 3. The summed E-state index contributed by atoms with van der Waals surface area (Å²) in [5.74, 6) is -2.60. The van der Waals surface area contributed by atoms with Crippen LogP contribution in [0.2, 0.25) is 0 Å². The van der Waals surface area contributed by atoms with Gasteiger partial charge in [0.25, 0.3) is 0 Å². The van der Waals surface area contributed by atoms with Crippen molar-refractivity contribution in [3.63, 3.8) is 0 Å². The number of ether oxygens (including phenoxy) is 3. The summed E-state index contributed by atoms with van der Waals surface area (Å²) < 4.78 is 65.9. The molecule has 3 nitrogen and oxygen atoms in total. The predicted molar refractivity (Wildman–Crippen MR) is 76.2 cm³/mol. The number of halogens is 4. The highest BCUT2D eigenvalue weighted by molar-refractivity contribution is 5.47. The van der Waals surface area contributed by atoms with Gasteiger partial charge in [0.1, 0.15) is 6.61 Å². The molecule has 0 heterocycles. The van der Waals surface area contributed by atoms with Crippen LogP contribution in [0, 0.1) is 11.7 Å². The van der Waals surface area contributed by atoms with E-state index in [1.54, 1.807) is 0 Å². The summed E-state index contributed by atoms with van der Waals surface area (Å²) in [6.07, 6.45) is 0.389. The van der Waals surface area contributed by atoms with Gasteiger partial charge in [0.05, 0.1) is 6.61 Å². The summed E-state index contributed by atoms with van der Waals surface area (Å²) in [5.41, 5.74) is 0. The van der Waals surface area contributed by atoms with E-state index in [0.29, 0.717) is 0 Å². The van der Waals surface area contributed by atoms with Gasteiger partial charge in [-0.1, -0.05) is 25.5 Å². The minimum atomic E-state index is -5.02. The van der Waals surface area contributed by atoms with Crippen molar-refractivity contribution in [3.05, 3.63) is 30.6 Å². The topological polar surface area (TPSA) is 27.7 Å². The van der Waals surface area contributed by atoms with Gasteiger partial charge in [0.2, 0.25) is 11.6 Å². The maximum absolute atomic E-state index is 14.2. The van der Waals surface area contributed by atoms with Crippen molar-refractivity contribution in [3.8, 4) is 17.2 Å². The number of hydrogen-bond acceptors (Lipinski definition) is 3. The molecule has 1 aliphatic carbocycles. The third-order valence-corrected chi connectivity index (χ3v) is 3.55. The molecule has 0 saturated heterocycles. The second kappa shape index (κ2) is 7.57. The van der Waals surface area contributed by atoms with Crippen LogP contribution in [0.25, 0.3) is 0 Å². The molecule has 1 aromatic rings. The van der Waals surface area contributed by atoms with Gasteiger partial charge < -0.3 is 14.2 Å². The predicted octanol–water partition coefficient (Wildman–Crippen LogP) is 4.86. The Hall–Kier alpha value is -1.92. The van der Waals surface area contributed by atoms with Crippen LogP contribution in [0.5, 0.6) is 17.2 Å². The number of rotatable bonds is 7. The standard InChI is InChI=1S/C16H18F4O3/c1-2-9-21-12-7-8-13(22-10-11-5-3-4-6-11)15(14(12)17)23-16(18,19)20/h2,7-8,11H,1,3-6,9-10H2. The quantitative estimate of drug-likeness (QED) is 0.526. The molecule has 1 aliphatic rings. The molecule has 0 unspecified atom stereocenters. The lowest BCUT2D eigenvalue weighted by atomic mass is 10.1. The van der Waals surface area contributed by atoms with Crippen molar-refractivity contribution in [2.24, 2.45) is 5.92 Å². The molecule has 0 bridgehead atoms. The summed E-state index contributed by atoms with van der Waals surface area (Å²) in [5, 5.41) is 0. The minimum Gasteiger partial charge on any atom is -0.489 e. The summed E-state index contributed by atoms with van der Waals surface area (Å²) in [7, 11) is 0. The van der Waals surface area contributed by atoms with E-state index in [1.807, 2.05) is 0 Å². The molecular formula is C16H18F4O3. The Bertz CT molecular complexity index is 537. The van der Waals surface area contributed by atoms with Gasteiger partial charge in [-0.25, -0.2) is 0 Å². The smallest absolute Gasteiger partial charge is 0.489 e. The van der Waals surface area contributed by atoms with Crippen LogP contribution >= 0.6 is 0 Å². The monoisotopic (exact) mass is 334 g/mol. The van der Waals surface area contributed by atoms with E-state index in [-0.39, 0.29) is 30.6 Å². The van der Waals surface area contributed by atoms with Crippen LogP contribution in [-0.2, 0) is 0 Å². The molecule has 0 N–H and O–H groups in total. The Morgan fingerprint density at radius 2 is 1.78 bits per heavy atom. The highest BCUT2D eigenvalue weighted by Crippen LogP contribution is 2.40. The normalized spacial score (nSPS) is 15.5. The van der Waals surface area contributed by atoms with Crippen molar-refractivity contribution >= 4 is 0 Å². The van der Waals surface area contributed by atoms with E-state index in [4.69, 9.17) is 9.47 Å². The third kappa shape index (κ3) is 5.04. The van der Waals surface area contributed by atoms with Gasteiger partial charge in [-0.05, 0) is 30.9 Å². The average Bonchev–Trinajstić information content (AvgIpc) is 2.99. The summed E-state index contributed by atoms with van der Waals surface area (Å²) in [6.45, 7) is 3.59. The average molecular weight is 334 g/mol. The fourth-order valence-corrected chi connectivity index (χ4v) is 2.49. The molecule has 0 radical (unpaired) electrons. The van der Waals surface area contributed by atoms with E-state index < -0.39 is 17.9 Å². The van der Waals surface area contributed by atoms with Gasteiger partial charge in [-0.3, -0.25) is 0 Å². The molecular weight excluding hydrogens is 316 g/mol. The molecule has 0 amide bonds. The highest BCUT2D eigenvalue weighted by Gasteiger charge is 2.35. The van der Waals surface area contributed by atoms with Gasteiger partial charge in [0.15, 0.2) is 11.5 Å². The van der Waals surface area contributed by atoms with Crippen LogP contribution in [0.4, 0.5) is 17.6 Å². The molecule has 0 atom stereocenters. The molecule has 0 spiro atoms. The lowest BCUT2D eigenvalue weighted by molar-refractivity contribution is -0.276. The van der Waals surface area contributed by atoms with Gasteiger partial charge in [-0.2, -0.15) is 4.39 Å². The van der Waals surface area contributed by atoms with Crippen molar-refractivity contribution in [1.29, 1.82) is 0 Å². The van der Waals surface area contributed by atoms with E-state index in [2.05, 4.69) is 11.3 Å². The van der Waals surface area contributed by atoms with Crippen molar-refractivity contribution in [2.75, 3.05) is 13.2 Å². The SMILES string of the molecule is C=CCOc1ccc(OCC2CCCC2)c(OC(F)(F)F)c1F. The largest absolute Gasteiger partial charge is 0.573 e. The zero-order chi connectivity index (χ0) is 16.9. The number of hydrogen-bond donors (Lipinski definition) is 0. The first-order valence-corrected chi connectivity index (χ1v) is 7.35. The van der Waals surface area contributed by atoms with Crippen LogP contribution in [-0.4, -0.2) is 19.6 Å². The molecule has 0 aliphatic heterocycles. The summed E-state index contributed by atoms with van der Waals surface area (Å²) in [6, 6.07) is 2.43. The maximum Gasteiger partial charge on any atom is 0.573 e. The Kier molecular flexibility index (Phi) is 5.74. The first-order valence-electron chi connectivity index (χ1n) is 7.35. The fraction of sp³-hybridized carbons (Fsp3) is 0.500. The lowest BCUT2D eigenvalue weighted by Gasteiger charge is -2.18. The molecule has 1 fully saturated rings. The molecule has 128 valence electrons. The van der Waals surface area contributed by atoms with Crippen molar-refractivity contribution in [2.45, 2.75) is 32.0 Å². The molecule has 2 rings (SSSR count). The Morgan fingerprint density at radius 1 is 1.13 bits per heavy atom. The fourth-order valence-electron chi connectivity index (χ4n) is 2.49. The van der Waals surface area contributed by atoms with Gasteiger partial charge in [-0.15, -0.1) is 13.2 Å². The second-order valence-corrected chi connectivity index (χ2v) is 5.31. The van der Waals surface area contributed by atoms with Crippen molar-refractivity contribution < 1.29 is 31.8 Å². The highest BCUT2D eigenvalue weighted by atomic mass is 19.4. The first kappa shape index (κ1) is 17.4. The van der Waals surface area contributed by atoms with E-state index in [9.17, 15) is 17.6 Å². The Morgan fingerprint density at radius 3 is 2.39 bits per heavy atom. The first-order chi connectivity index (χ1) is 10.9. The van der Waals surface area contributed by atoms with Gasteiger partial charge in [0, 0.05) is 0 Å². The van der Waals surface area contributed by atoms with E-state index in [1.165, 1.54) is 18.2 Å². The zero-order valence-electron chi connectivity index (χ0n) is 12.5. The van der Waals surface area contributed by atoms with Crippen LogP contribution in [0.1, 0.15) is 25.7 Å². The Labute approximate surface area is 131 Å². The van der Waals surface area contributed by atoms with Gasteiger partial charge >= 0.3 is 6.36 Å². The lowest BCUT2D eigenvalue weighted by Crippen LogP contribution is -2.19. The Balaban J connectivity index is 2.20. The second-order valence-electron chi connectivity index (χ2n) is 5.31. The molecule has 7 heteroatoms. The van der Waals surface area contributed by atoms with E-state index in [0.717, 1.165) is 25.7 Å². The van der Waals surface area contributed by atoms with Crippen LogP contribution < -0.4 is 14.2 Å². The maximum atomic E-state index is 14.2. The zero-order valence-corrected chi connectivity index (χ0v) is 12.5. The van der Waals surface area contributed by atoms with E-state index >= 15 is 0 Å². The molecule has 1 aromatic carbocycles. The minimum absolute atomic E-state index is 0.0370.